The Morgan fingerprint density at radius 1 is 1.25 bits per heavy atom. The minimum atomic E-state index is -0.210. The van der Waals surface area contributed by atoms with Crippen molar-refractivity contribution in [1.82, 2.24) is 15.0 Å². The molecule has 1 N–H and O–H groups in total. The number of aryl methyl sites for hydroxylation is 1. The second-order valence-corrected chi connectivity index (χ2v) is 7.15. The van der Waals surface area contributed by atoms with Crippen LogP contribution in [0, 0.1) is 6.92 Å². The summed E-state index contributed by atoms with van der Waals surface area (Å²) in [7, 11) is 1.72. The summed E-state index contributed by atoms with van der Waals surface area (Å²) in [4.78, 5) is 18.2. The Kier molecular flexibility index (Phi) is 6.65. The number of carbonyl (C=O) groups excluding carboxylic acids is 1. The molecule has 0 radical (unpaired) electrons. The van der Waals surface area contributed by atoms with Crippen LogP contribution in [0.4, 0.5) is 10.5 Å². The highest BCUT2D eigenvalue weighted by Crippen LogP contribution is 2.21. The van der Waals surface area contributed by atoms with E-state index < -0.39 is 0 Å². The second kappa shape index (κ2) is 9.36. The molecule has 2 aromatic carbocycles. The van der Waals surface area contributed by atoms with Gasteiger partial charge in [-0.15, -0.1) is 0 Å². The van der Waals surface area contributed by atoms with Crippen molar-refractivity contribution < 1.29 is 14.1 Å². The van der Waals surface area contributed by atoms with E-state index >= 15 is 0 Å². The van der Waals surface area contributed by atoms with Gasteiger partial charge in [-0.25, -0.2) is 4.79 Å². The maximum Gasteiger partial charge on any atom is 0.321 e. The number of likely N-dealkylation sites (N-methyl/N-ethyl adjacent to an activating group) is 1. The highest BCUT2D eigenvalue weighted by Gasteiger charge is 2.13. The molecule has 1 heterocycles. The smallest absolute Gasteiger partial charge is 0.321 e. The Labute approximate surface area is 171 Å². The molecular formula is C20H21BrN4O3. The minimum absolute atomic E-state index is 0.203. The van der Waals surface area contributed by atoms with Gasteiger partial charge in [-0.3, -0.25) is 0 Å². The average Bonchev–Trinajstić information content (AvgIpc) is 3.14. The van der Waals surface area contributed by atoms with Gasteiger partial charge in [0.05, 0.1) is 5.69 Å². The summed E-state index contributed by atoms with van der Waals surface area (Å²) in [5.74, 6) is 1.68. The lowest BCUT2D eigenvalue weighted by atomic mass is 10.2. The number of nitrogens with one attached hydrogen (secondary N) is 1. The molecule has 3 rings (SSSR count). The summed E-state index contributed by atoms with van der Waals surface area (Å²) in [5, 5.41) is 6.79. The molecule has 0 saturated heterocycles. The fraction of sp³-hybridized carbons (Fsp3) is 0.250. The summed E-state index contributed by atoms with van der Waals surface area (Å²) in [6.45, 7) is 2.66. The molecule has 0 aliphatic carbocycles. The number of para-hydroxylation sites is 1. The van der Waals surface area contributed by atoms with Gasteiger partial charge < -0.3 is 19.5 Å². The number of urea groups is 1. The van der Waals surface area contributed by atoms with Crippen LogP contribution in [0.2, 0.25) is 0 Å². The Morgan fingerprint density at radius 3 is 2.86 bits per heavy atom. The Hall–Kier alpha value is -2.87. The van der Waals surface area contributed by atoms with Crippen LogP contribution in [0.3, 0.4) is 0 Å². The highest BCUT2D eigenvalue weighted by molar-refractivity contribution is 9.10. The fourth-order valence-electron chi connectivity index (χ4n) is 2.44. The third-order valence-corrected chi connectivity index (χ3v) is 4.69. The van der Waals surface area contributed by atoms with Crippen molar-refractivity contribution in [3.63, 3.8) is 0 Å². The van der Waals surface area contributed by atoms with Gasteiger partial charge in [-0.05, 0) is 52.7 Å². The molecule has 2 amide bonds. The van der Waals surface area contributed by atoms with Gasteiger partial charge in [0.1, 0.15) is 5.75 Å². The standard InChI is InChI=1S/C20H21BrN4O3/c1-14-6-5-7-15(12-14)27-13-19-23-18(24-28-19)10-11-25(2)20(26)22-17-9-4-3-8-16(17)21/h3-9,12H,10-11,13H2,1-2H3,(H,22,26). The van der Waals surface area contributed by atoms with Crippen molar-refractivity contribution in [2.24, 2.45) is 0 Å². The van der Waals surface area contributed by atoms with Crippen LogP contribution < -0.4 is 10.1 Å². The number of hydrogen-bond donors (Lipinski definition) is 1. The summed E-state index contributed by atoms with van der Waals surface area (Å²) in [5.41, 5.74) is 1.84. The van der Waals surface area contributed by atoms with Crippen molar-refractivity contribution in [3.05, 3.63) is 70.3 Å². The van der Waals surface area contributed by atoms with Crippen molar-refractivity contribution in [2.75, 3.05) is 18.9 Å². The van der Waals surface area contributed by atoms with Crippen LogP contribution in [-0.2, 0) is 13.0 Å². The third kappa shape index (κ3) is 5.56. The van der Waals surface area contributed by atoms with E-state index in [4.69, 9.17) is 9.26 Å². The Balaban J connectivity index is 1.47. The molecule has 0 atom stereocenters. The first-order valence-electron chi connectivity index (χ1n) is 8.79. The van der Waals surface area contributed by atoms with E-state index in [1.807, 2.05) is 55.5 Å². The summed E-state index contributed by atoms with van der Waals surface area (Å²) in [6, 6.07) is 15.0. The maximum atomic E-state index is 12.3. The molecule has 146 valence electrons. The van der Waals surface area contributed by atoms with Gasteiger partial charge in [0, 0.05) is 24.5 Å². The molecule has 1 aromatic heterocycles. The van der Waals surface area contributed by atoms with E-state index in [1.165, 1.54) is 0 Å². The number of ether oxygens (including phenoxy) is 1. The van der Waals surface area contributed by atoms with E-state index in [-0.39, 0.29) is 12.6 Å². The van der Waals surface area contributed by atoms with Crippen LogP contribution in [0.25, 0.3) is 0 Å². The molecule has 3 aromatic rings. The maximum absolute atomic E-state index is 12.3. The first kappa shape index (κ1) is 19.9. The van der Waals surface area contributed by atoms with Crippen LogP contribution in [0.15, 0.2) is 57.5 Å². The van der Waals surface area contributed by atoms with E-state index in [9.17, 15) is 4.79 Å². The normalized spacial score (nSPS) is 10.5. The number of hydrogen-bond acceptors (Lipinski definition) is 5. The lowest BCUT2D eigenvalue weighted by Gasteiger charge is -2.17. The van der Waals surface area contributed by atoms with Crippen LogP contribution in [0.1, 0.15) is 17.3 Å². The average molecular weight is 445 g/mol. The number of aromatic nitrogens is 2. The van der Waals surface area contributed by atoms with E-state index in [1.54, 1.807) is 11.9 Å². The molecule has 0 spiro atoms. The number of nitrogens with zero attached hydrogens (tertiary/aromatic N) is 3. The van der Waals surface area contributed by atoms with Crippen molar-refractivity contribution >= 4 is 27.6 Å². The Morgan fingerprint density at radius 2 is 2.07 bits per heavy atom. The quantitative estimate of drug-likeness (QED) is 0.582. The lowest BCUT2D eigenvalue weighted by Crippen LogP contribution is -2.33. The Bertz CT molecular complexity index is 944. The van der Waals surface area contributed by atoms with Crippen LogP contribution in [-0.4, -0.2) is 34.7 Å². The topological polar surface area (TPSA) is 80.5 Å². The number of amides is 2. The molecule has 0 aliphatic rings. The highest BCUT2D eigenvalue weighted by atomic mass is 79.9. The molecular weight excluding hydrogens is 424 g/mol. The van der Waals surface area contributed by atoms with E-state index in [0.717, 1.165) is 21.5 Å². The second-order valence-electron chi connectivity index (χ2n) is 6.29. The first-order chi connectivity index (χ1) is 13.5. The molecule has 0 fully saturated rings. The number of rotatable bonds is 7. The van der Waals surface area contributed by atoms with Gasteiger partial charge in [0.15, 0.2) is 12.4 Å². The van der Waals surface area contributed by atoms with Crippen LogP contribution >= 0.6 is 15.9 Å². The predicted octanol–water partition coefficient (Wildman–Crippen LogP) is 4.43. The lowest BCUT2D eigenvalue weighted by molar-refractivity contribution is 0.222. The van der Waals surface area contributed by atoms with Gasteiger partial charge in [0.2, 0.25) is 0 Å². The van der Waals surface area contributed by atoms with Gasteiger partial charge in [-0.2, -0.15) is 4.98 Å². The van der Waals surface area contributed by atoms with Crippen molar-refractivity contribution in [3.8, 4) is 5.75 Å². The van der Waals surface area contributed by atoms with Crippen molar-refractivity contribution in [1.29, 1.82) is 0 Å². The monoisotopic (exact) mass is 444 g/mol. The summed E-state index contributed by atoms with van der Waals surface area (Å²) in [6.07, 6.45) is 0.480. The summed E-state index contributed by atoms with van der Waals surface area (Å²) >= 11 is 3.41. The zero-order valence-electron chi connectivity index (χ0n) is 15.7. The first-order valence-corrected chi connectivity index (χ1v) is 9.58. The zero-order chi connectivity index (χ0) is 19.9. The molecule has 0 saturated carbocycles. The van der Waals surface area contributed by atoms with Gasteiger partial charge in [0.25, 0.3) is 5.89 Å². The molecule has 8 heteroatoms. The molecule has 7 nitrogen and oxygen atoms in total. The minimum Gasteiger partial charge on any atom is -0.484 e. The molecule has 0 unspecified atom stereocenters. The van der Waals surface area contributed by atoms with Crippen LogP contribution in [0.5, 0.6) is 5.75 Å². The SMILES string of the molecule is Cc1cccc(OCc2nc(CCN(C)C(=O)Nc3ccccc3Br)no2)c1. The van der Waals surface area contributed by atoms with E-state index in [2.05, 4.69) is 31.4 Å². The van der Waals surface area contributed by atoms with Gasteiger partial charge >= 0.3 is 6.03 Å². The summed E-state index contributed by atoms with van der Waals surface area (Å²) < 4.78 is 11.7. The van der Waals surface area contributed by atoms with E-state index in [0.29, 0.717) is 24.7 Å². The number of halogens is 1. The van der Waals surface area contributed by atoms with Crippen molar-refractivity contribution in [2.45, 2.75) is 20.0 Å². The zero-order valence-corrected chi connectivity index (χ0v) is 17.3. The number of anilines is 1. The molecule has 0 bridgehead atoms. The number of benzene rings is 2. The molecule has 0 aliphatic heterocycles. The number of carbonyl (C=O) groups is 1. The predicted molar refractivity (Wildman–Crippen MR) is 109 cm³/mol. The third-order valence-electron chi connectivity index (χ3n) is 3.99. The largest absolute Gasteiger partial charge is 0.484 e. The van der Waals surface area contributed by atoms with Gasteiger partial charge in [-0.1, -0.05) is 29.4 Å². The molecule has 28 heavy (non-hydrogen) atoms. The fourth-order valence-corrected chi connectivity index (χ4v) is 2.83.